The van der Waals surface area contributed by atoms with Crippen LogP contribution in [0.4, 0.5) is 0 Å². The number of hydrogen-bond acceptors (Lipinski definition) is 4. The Balaban J connectivity index is 2.67. The first-order valence-electron chi connectivity index (χ1n) is 7.06. The highest BCUT2D eigenvalue weighted by atomic mass is 35.5. The van der Waals surface area contributed by atoms with Crippen molar-refractivity contribution in [1.29, 1.82) is 0 Å². The molecule has 0 aromatic heterocycles. The number of hydrogen-bond donors (Lipinski definition) is 0. The van der Waals surface area contributed by atoms with E-state index in [1.807, 2.05) is 24.3 Å². The predicted octanol–water partition coefficient (Wildman–Crippen LogP) is 3.99. The molecule has 0 bridgehead atoms. The second-order valence-corrected chi connectivity index (χ2v) is 6.20. The Morgan fingerprint density at radius 2 is 2.00 bits per heavy atom. The van der Waals surface area contributed by atoms with Crippen molar-refractivity contribution < 1.29 is 17.3 Å². The molecular weight excluding hydrogens is 312 g/mol. The van der Waals surface area contributed by atoms with Crippen LogP contribution in [0.25, 0.3) is 0 Å². The summed E-state index contributed by atoms with van der Waals surface area (Å²) in [6.45, 7) is 5.71. The van der Waals surface area contributed by atoms with Gasteiger partial charge in [0.1, 0.15) is 5.75 Å². The molecule has 0 amide bonds. The van der Waals surface area contributed by atoms with Gasteiger partial charge < -0.3 is 4.74 Å². The molecule has 0 aliphatic rings. The topological polar surface area (TPSA) is 44.8 Å². The van der Waals surface area contributed by atoms with Crippen molar-refractivity contribution in [3.63, 3.8) is 0 Å². The summed E-state index contributed by atoms with van der Waals surface area (Å²) in [6.07, 6.45) is 3.14. The molecule has 1 aromatic rings. The molecule has 0 radical (unpaired) electrons. The van der Waals surface area contributed by atoms with Crippen LogP contribution in [0.15, 0.2) is 24.3 Å². The van der Waals surface area contributed by atoms with Crippen LogP contribution in [0.1, 0.15) is 39.2 Å². The molecule has 0 aliphatic heterocycles. The van der Waals surface area contributed by atoms with Gasteiger partial charge in [-0.25, -0.2) is 4.18 Å². The van der Waals surface area contributed by atoms with Gasteiger partial charge in [0.25, 0.3) is 0 Å². The van der Waals surface area contributed by atoms with E-state index < -0.39 is 17.1 Å². The molecule has 0 spiro atoms. The van der Waals surface area contributed by atoms with E-state index in [2.05, 4.69) is 6.92 Å². The number of unbranched alkanes of at least 4 members (excludes halogenated alkanes) is 1. The van der Waals surface area contributed by atoms with Gasteiger partial charge in [-0.1, -0.05) is 31.5 Å². The lowest BCUT2D eigenvalue weighted by atomic mass is 10.1. The zero-order chi connectivity index (χ0) is 15.7. The van der Waals surface area contributed by atoms with Crippen LogP contribution in [0.3, 0.4) is 0 Å². The lowest BCUT2D eigenvalue weighted by Gasteiger charge is -2.26. The summed E-state index contributed by atoms with van der Waals surface area (Å²) >= 11 is 3.59. The lowest BCUT2D eigenvalue weighted by Crippen LogP contribution is -2.33. The Labute approximate surface area is 134 Å². The van der Waals surface area contributed by atoms with E-state index in [1.54, 1.807) is 13.8 Å². The molecule has 0 heterocycles. The Bertz CT molecular complexity index is 451. The Hall–Kier alpha value is -0.620. The lowest BCUT2D eigenvalue weighted by molar-refractivity contribution is -0.0792. The maximum atomic E-state index is 11.6. The Morgan fingerprint density at radius 1 is 1.29 bits per heavy atom. The maximum Gasteiger partial charge on any atom is 0.308 e. The molecule has 120 valence electrons. The molecule has 6 heteroatoms. The van der Waals surface area contributed by atoms with Gasteiger partial charge >= 0.3 is 11.4 Å². The zero-order valence-corrected chi connectivity index (χ0v) is 14.3. The Kier molecular flexibility index (Phi) is 8.26. The third kappa shape index (κ3) is 7.27. The summed E-state index contributed by atoms with van der Waals surface area (Å²) < 4.78 is 27.6. The van der Waals surface area contributed by atoms with Crippen molar-refractivity contribution in [2.45, 2.75) is 45.8 Å². The van der Waals surface area contributed by atoms with Crippen LogP contribution >= 0.6 is 11.6 Å². The number of para-hydroxylation sites is 1. The highest BCUT2D eigenvalue weighted by Crippen LogP contribution is 2.26. The molecule has 21 heavy (non-hydrogen) atoms. The summed E-state index contributed by atoms with van der Waals surface area (Å²) in [5, 5.41) is 0. The molecular formula is C15H23ClO4S. The van der Waals surface area contributed by atoms with Gasteiger partial charge in [0.2, 0.25) is 5.79 Å². The maximum absolute atomic E-state index is 11.6. The number of benzene rings is 1. The monoisotopic (exact) mass is 334 g/mol. The minimum atomic E-state index is -1.88. The minimum absolute atomic E-state index is 0.164. The van der Waals surface area contributed by atoms with Crippen molar-refractivity contribution in [3.05, 3.63) is 29.8 Å². The minimum Gasteiger partial charge on any atom is -0.461 e. The highest BCUT2D eigenvalue weighted by Gasteiger charge is 2.26. The number of aryl methyl sites for hydroxylation is 1. The predicted molar refractivity (Wildman–Crippen MR) is 85.7 cm³/mol. The number of halogens is 1. The second-order valence-electron chi connectivity index (χ2n) is 5.01. The average Bonchev–Trinajstić information content (AvgIpc) is 2.43. The van der Waals surface area contributed by atoms with Crippen molar-refractivity contribution >= 4 is 23.0 Å². The van der Waals surface area contributed by atoms with Crippen LogP contribution in [0.5, 0.6) is 5.75 Å². The molecule has 0 fully saturated rings. The third-order valence-corrected chi connectivity index (χ3v) is 3.70. The first-order valence-corrected chi connectivity index (χ1v) is 8.59. The molecule has 0 saturated carbocycles. The van der Waals surface area contributed by atoms with E-state index in [9.17, 15) is 4.21 Å². The standard InChI is InChI=1S/C15H23ClO4S/c1-4-5-8-13-9-6-7-10-14(13)19-15(2,3)20-21(17)18-12-11-16/h6-7,9-10H,4-5,8,11-12H2,1-3H3. The van der Waals surface area contributed by atoms with E-state index in [4.69, 9.17) is 24.7 Å². The summed E-state index contributed by atoms with van der Waals surface area (Å²) in [5.74, 6) is -0.0549. The second kappa shape index (κ2) is 9.41. The van der Waals surface area contributed by atoms with Gasteiger partial charge in [0, 0.05) is 19.7 Å². The fraction of sp³-hybridized carbons (Fsp3) is 0.600. The first kappa shape index (κ1) is 18.4. The normalized spacial score (nSPS) is 13.1. The van der Waals surface area contributed by atoms with Crippen LogP contribution in [-0.2, 0) is 26.1 Å². The number of alkyl halides is 1. The summed E-state index contributed by atoms with van der Waals surface area (Å²) in [7, 11) is 0. The molecule has 1 rings (SSSR count). The highest BCUT2D eigenvalue weighted by molar-refractivity contribution is 7.75. The van der Waals surface area contributed by atoms with E-state index in [-0.39, 0.29) is 12.5 Å². The van der Waals surface area contributed by atoms with E-state index in [0.717, 1.165) is 30.6 Å². The third-order valence-electron chi connectivity index (χ3n) is 2.65. The first-order chi connectivity index (χ1) is 9.98. The van der Waals surface area contributed by atoms with Crippen molar-refractivity contribution in [1.82, 2.24) is 0 Å². The molecule has 0 N–H and O–H groups in total. The summed E-state index contributed by atoms with van der Waals surface area (Å²) in [6, 6.07) is 7.80. The fourth-order valence-corrected chi connectivity index (χ4v) is 2.54. The van der Waals surface area contributed by atoms with Gasteiger partial charge in [-0.05, 0) is 24.5 Å². The quantitative estimate of drug-likeness (QED) is 0.479. The van der Waals surface area contributed by atoms with Crippen LogP contribution in [-0.4, -0.2) is 22.5 Å². The van der Waals surface area contributed by atoms with E-state index in [1.165, 1.54) is 0 Å². The van der Waals surface area contributed by atoms with Crippen LogP contribution in [0.2, 0.25) is 0 Å². The van der Waals surface area contributed by atoms with Gasteiger partial charge in [-0.2, -0.15) is 4.21 Å². The van der Waals surface area contributed by atoms with Gasteiger partial charge in [0.15, 0.2) is 0 Å². The number of ether oxygens (including phenoxy) is 1. The summed E-state index contributed by atoms with van der Waals surface area (Å²) in [5.41, 5.74) is 1.11. The molecule has 0 saturated heterocycles. The molecule has 4 nitrogen and oxygen atoms in total. The van der Waals surface area contributed by atoms with Crippen molar-refractivity contribution in [2.24, 2.45) is 0 Å². The van der Waals surface area contributed by atoms with Gasteiger partial charge in [-0.15, -0.1) is 11.6 Å². The van der Waals surface area contributed by atoms with E-state index in [0.29, 0.717) is 0 Å². The Morgan fingerprint density at radius 3 is 2.67 bits per heavy atom. The molecule has 1 aromatic carbocycles. The average molecular weight is 335 g/mol. The smallest absolute Gasteiger partial charge is 0.308 e. The van der Waals surface area contributed by atoms with Crippen LogP contribution in [0, 0.1) is 0 Å². The molecule has 1 unspecified atom stereocenters. The van der Waals surface area contributed by atoms with Gasteiger partial charge in [0.05, 0.1) is 6.61 Å². The molecule has 1 atom stereocenters. The van der Waals surface area contributed by atoms with Crippen molar-refractivity contribution in [2.75, 3.05) is 12.5 Å². The number of rotatable bonds is 10. The van der Waals surface area contributed by atoms with Crippen LogP contribution < -0.4 is 4.74 Å². The van der Waals surface area contributed by atoms with Crippen molar-refractivity contribution in [3.8, 4) is 5.75 Å². The fourth-order valence-electron chi connectivity index (χ4n) is 1.75. The summed E-state index contributed by atoms with van der Waals surface area (Å²) in [4.78, 5) is 0. The molecule has 0 aliphatic carbocycles. The largest absolute Gasteiger partial charge is 0.461 e. The van der Waals surface area contributed by atoms with Gasteiger partial charge in [-0.3, -0.25) is 4.18 Å². The van der Waals surface area contributed by atoms with E-state index >= 15 is 0 Å². The SMILES string of the molecule is CCCCc1ccccc1OC(C)(C)OS(=O)OCCCl. The zero-order valence-electron chi connectivity index (χ0n) is 12.8.